The Morgan fingerprint density at radius 2 is 2.12 bits per heavy atom. The van der Waals surface area contributed by atoms with E-state index in [1.807, 2.05) is 34.9 Å². The fourth-order valence-corrected chi connectivity index (χ4v) is 3.08. The lowest BCUT2D eigenvalue weighted by atomic mass is 10.1. The van der Waals surface area contributed by atoms with Gasteiger partial charge in [-0.05, 0) is 12.0 Å². The van der Waals surface area contributed by atoms with E-state index in [0.717, 1.165) is 11.3 Å². The minimum absolute atomic E-state index is 0.0481. The maximum Gasteiger partial charge on any atom is 0.303 e. The summed E-state index contributed by atoms with van der Waals surface area (Å²) in [6, 6.07) is 11.8. The number of carbonyl (C=O) groups is 1. The lowest BCUT2D eigenvalue weighted by molar-refractivity contribution is -0.137. The molecule has 0 fully saturated rings. The minimum atomic E-state index is -0.850. The normalized spacial score (nSPS) is 10.6. The van der Waals surface area contributed by atoms with Crippen LogP contribution in [-0.2, 0) is 11.3 Å². The molecule has 0 aliphatic carbocycles. The smallest absolute Gasteiger partial charge is 0.303 e. The second-order valence-electron chi connectivity index (χ2n) is 5.28. The predicted octanol–water partition coefficient (Wildman–Crippen LogP) is 3.50. The number of fused-ring (bicyclic) bond motifs is 1. The number of aromatic nitrogens is 3. The number of H-pyrrole nitrogens is 1. The molecule has 2 N–H and O–H groups in total. The maximum absolute atomic E-state index is 10.8. The zero-order valence-electron chi connectivity index (χ0n) is 12.7. The van der Waals surface area contributed by atoms with Crippen molar-refractivity contribution in [2.75, 3.05) is 0 Å². The Bertz CT molecular complexity index is 999. The summed E-state index contributed by atoms with van der Waals surface area (Å²) < 4.78 is 2.29. The van der Waals surface area contributed by atoms with Crippen LogP contribution in [0.4, 0.5) is 0 Å². The molecular formula is C17H14N4O2S. The average Bonchev–Trinajstić information content (AvgIpc) is 2.90. The molecule has 2 aromatic heterocycles. The number of hydrogen-bond donors (Lipinski definition) is 2. The van der Waals surface area contributed by atoms with Crippen LogP contribution in [-0.4, -0.2) is 25.6 Å². The molecule has 0 saturated heterocycles. The van der Waals surface area contributed by atoms with Gasteiger partial charge >= 0.3 is 5.97 Å². The number of carboxylic acid groups (broad SMARTS) is 1. The Labute approximate surface area is 143 Å². The quantitative estimate of drug-likeness (QED) is 0.694. The van der Waals surface area contributed by atoms with Gasteiger partial charge in [0.2, 0.25) is 0 Å². The molecule has 1 aromatic carbocycles. The summed E-state index contributed by atoms with van der Waals surface area (Å²) in [6.45, 7) is 0.442. The lowest BCUT2D eigenvalue weighted by Gasteiger charge is -2.10. The van der Waals surface area contributed by atoms with Crippen LogP contribution in [0.25, 0.3) is 22.3 Å². The third-order valence-corrected chi connectivity index (χ3v) is 4.09. The fourth-order valence-electron chi connectivity index (χ4n) is 2.82. The molecule has 0 atom stereocenters. The van der Waals surface area contributed by atoms with E-state index in [1.54, 1.807) is 0 Å². The Morgan fingerprint density at radius 1 is 1.38 bits per heavy atom. The van der Waals surface area contributed by atoms with Crippen LogP contribution in [0, 0.1) is 16.0 Å². The van der Waals surface area contributed by atoms with Gasteiger partial charge in [-0.3, -0.25) is 4.79 Å². The number of benzene rings is 1. The van der Waals surface area contributed by atoms with Gasteiger partial charge in [0.25, 0.3) is 0 Å². The van der Waals surface area contributed by atoms with Crippen molar-refractivity contribution in [1.82, 2.24) is 14.5 Å². The molecule has 3 aromatic rings. The van der Waals surface area contributed by atoms with E-state index in [-0.39, 0.29) is 6.42 Å². The van der Waals surface area contributed by atoms with Crippen molar-refractivity contribution in [3.8, 4) is 17.3 Å². The van der Waals surface area contributed by atoms with E-state index < -0.39 is 5.97 Å². The molecule has 0 radical (unpaired) electrons. The first-order valence-corrected chi connectivity index (χ1v) is 7.81. The molecule has 0 saturated carbocycles. The topological polar surface area (TPSA) is 94.7 Å². The third kappa shape index (κ3) is 2.79. The maximum atomic E-state index is 10.8. The monoisotopic (exact) mass is 338 g/mol. The van der Waals surface area contributed by atoms with Crippen LogP contribution >= 0.6 is 12.2 Å². The van der Waals surface area contributed by atoms with E-state index in [4.69, 9.17) is 17.3 Å². The number of carboxylic acids is 1. The van der Waals surface area contributed by atoms with Crippen LogP contribution < -0.4 is 0 Å². The largest absolute Gasteiger partial charge is 0.481 e. The number of nitrogens with one attached hydrogen (secondary N) is 1. The molecule has 0 amide bonds. The number of rotatable bonds is 5. The first kappa shape index (κ1) is 15.9. The molecule has 0 bridgehead atoms. The van der Waals surface area contributed by atoms with Crippen molar-refractivity contribution < 1.29 is 9.90 Å². The zero-order valence-corrected chi connectivity index (χ0v) is 13.5. The third-order valence-electron chi connectivity index (χ3n) is 3.79. The molecule has 7 heteroatoms. The Balaban J connectivity index is 2.27. The van der Waals surface area contributed by atoms with Crippen molar-refractivity contribution in [1.29, 1.82) is 5.26 Å². The van der Waals surface area contributed by atoms with E-state index >= 15 is 0 Å². The van der Waals surface area contributed by atoms with Crippen LogP contribution in [0.1, 0.15) is 18.4 Å². The van der Waals surface area contributed by atoms with Crippen molar-refractivity contribution in [3.63, 3.8) is 0 Å². The van der Waals surface area contributed by atoms with Crippen molar-refractivity contribution in [2.45, 2.75) is 19.4 Å². The van der Waals surface area contributed by atoms with E-state index in [2.05, 4.69) is 16.0 Å². The number of aliphatic carboxylic acids is 1. The molecule has 0 unspecified atom stereocenters. The molecule has 0 aliphatic rings. The summed E-state index contributed by atoms with van der Waals surface area (Å²) >= 11 is 5.34. The molecule has 0 aliphatic heterocycles. The molecule has 3 rings (SSSR count). The molecule has 6 nitrogen and oxygen atoms in total. The van der Waals surface area contributed by atoms with E-state index in [1.165, 1.54) is 6.33 Å². The SMILES string of the molecule is N#Cc1c(-c2ccccc2)n(CCCC(=O)O)c2c(=S)nc[nH]c12. The summed E-state index contributed by atoms with van der Waals surface area (Å²) in [5.74, 6) is -0.850. The highest BCUT2D eigenvalue weighted by Crippen LogP contribution is 2.32. The van der Waals surface area contributed by atoms with Crippen molar-refractivity contribution in [2.24, 2.45) is 0 Å². The van der Waals surface area contributed by atoms with Gasteiger partial charge < -0.3 is 14.7 Å². The van der Waals surface area contributed by atoms with Crippen LogP contribution in [0.3, 0.4) is 0 Å². The van der Waals surface area contributed by atoms with Gasteiger partial charge in [-0.15, -0.1) is 0 Å². The number of nitrogens with zero attached hydrogens (tertiary/aromatic N) is 3. The average molecular weight is 338 g/mol. The van der Waals surface area contributed by atoms with Crippen molar-refractivity contribution in [3.05, 3.63) is 46.9 Å². The molecule has 0 spiro atoms. The second-order valence-corrected chi connectivity index (χ2v) is 5.67. The number of nitriles is 1. The lowest BCUT2D eigenvalue weighted by Crippen LogP contribution is -2.04. The van der Waals surface area contributed by atoms with Crippen LogP contribution in [0.2, 0.25) is 0 Å². The highest BCUT2D eigenvalue weighted by molar-refractivity contribution is 7.71. The van der Waals surface area contributed by atoms with Gasteiger partial charge in [0.05, 0.1) is 17.5 Å². The van der Waals surface area contributed by atoms with Crippen LogP contribution in [0.15, 0.2) is 36.7 Å². The van der Waals surface area contributed by atoms with Gasteiger partial charge in [0, 0.05) is 13.0 Å². The Hall–Kier alpha value is -2.98. The fraction of sp³-hybridized carbons (Fsp3) is 0.176. The molecular weight excluding hydrogens is 324 g/mol. The summed E-state index contributed by atoms with van der Waals surface area (Å²) in [4.78, 5) is 17.9. The highest BCUT2D eigenvalue weighted by atomic mass is 32.1. The van der Waals surface area contributed by atoms with Gasteiger partial charge in [0.15, 0.2) is 4.64 Å². The van der Waals surface area contributed by atoms with E-state index in [0.29, 0.717) is 34.2 Å². The first-order valence-electron chi connectivity index (χ1n) is 7.40. The molecule has 24 heavy (non-hydrogen) atoms. The highest BCUT2D eigenvalue weighted by Gasteiger charge is 2.20. The molecule has 120 valence electrons. The summed E-state index contributed by atoms with van der Waals surface area (Å²) in [6.07, 6.45) is 1.96. The van der Waals surface area contributed by atoms with Gasteiger partial charge in [0.1, 0.15) is 17.1 Å². The summed E-state index contributed by atoms with van der Waals surface area (Å²) in [5, 5.41) is 18.6. The number of hydrogen-bond acceptors (Lipinski definition) is 4. The summed E-state index contributed by atoms with van der Waals surface area (Å²) in [5.41, 5.74) is 3.39. The van der Waals surface area contributed by atoms with E-state index in [9.17, 15) is 10.1 Å². The van der Waals surface area contributed by atoms with Crippen LogP contribution in [0.5, 0.6) is 0 Å². The number of aromatic amines is 1. The Morgan fingerprint density at radius 3 is 2.79 bits per heavy atom. The zero-order chi connectivity index (χ0) is 17.1. The number of aryl methyl sites for hydroxylation is 1. The summed E-state index contributed by atoms with van der Waals surface area (Å²) in [7, 11) is 0. The predicted molar refractivity (Wildman–Crippen MR) is 91.9 cm³/mol. The van der Waals surface area contributed by atoms with Gasteiger partial charge in [-0.2, -0.15) is 5.26 Å². The molecule has 2 heterocycles. The standard InChI is InChI=1S/C17H14N4O2S/c18-9-12-14-16(17(24)20-10-19-14)21(8-4-7-13(22)23)15(12)11-5-2-1-3-6-11/h1-3,5-6,10H,4,7-8H2,(H,22,23)(H,19,20,24). The second kappa shape index (κ2) is 6.64. The Kier molecular flexibility index (Phi) is 4.40. The first-order chi connectivity index (χ1) is 11.6. The minimum Gasteiger partial charge on any atom is -0.481 e. The van der Waals surface area contributed by atoms with Crippen molar-refractivity contribution >= 4 is 29.2 Å². The van der Waals surface area contributed by atoms with Gasteiger partial charge in [-0.1, -0.05) is 42.5 Å². The van der Waals surface area contributed by atoms with Gasteiger partial charge in [-0.25, -0.2) is 4.98 Å².